The molecule has 0 amide bonds. The number of rotatable bonds is 2. The average Bonchev–Trinajstić information content (AvgIpc) is 1.57. The van der Waals surface area contributed by atoms with E-state index in [1.165, 1.54) is 0 Å². The summed E-state index contributed by atoms with van der Waals surface area (Å²) in [5, 5.41) is 16.9. The minimum atomic E-state index is -1.44. The molecular weight excluding hydrogens is 375 g/mol. The van der Waals surface area contributed by atoms with Crippen molar-refractivity contribution < 1.29 is 46.3 Å². The van der Waals surface area contributed by atoms with Crippen LogP contribution >= 0.6 is 0 Å². The molecule has 9 N–H and O–H groups in total. The normalized spacial score (nSPS) is 15.1. The summed E-state index contributed by atoms with van der Waals surface area (Å²) in [4.78, 5) is 20.7. The first kappa shape index (κ1) is 23.4. The van der Waals surface area contributed by atoms with Crippen LogP contribution in [0.1, 0.15) is 19.3 Å². The van der Waals surface area contributed by atoms with Gasteiger partial charge in [-0.3, -0.25) is 9.59 Å². The molecule has 1 aliphatic carbocycles. The molecule has 0 saturated heterocycles. The maximum atomic E-state index is 10.4. The molecule has 0 unspecified atom stereocenters. The van der Waals surface area contributed by atoms with Crippen LogP contribution in [-0.2, 0) is 36.1 Å². The van der Waals surface area contributed by atoms with Crippen molar-refractivity contribution in [3.05, 3.63) is 12.3 Å². The van der Waals surface area contributed by atoms with Crippen LogP contribution in [0.4, 0.5) is 0 Å². The topological polar surface area (TPSA) is 175 Å². The van der Waals surface area contributed by atoms with Crippen molar-refractivity contribution in [3.63, 3.8) is 0 Å². The predicted molar refractivity (Wildman–Crippen MR) is 47.0 cm³/mol. The Morgan fingerprint density at radius 3 is 1.29 bits per heavy atom. The number of carbonyl (C=O) groups is 2. The van der Waals surface area contributed by atoms with Gasteiger partial charge in [-0.25, -0.2) is 0 Å². The summed E-state index contributed by atoms with van der Waals surface area (Å²) < 4.78 is 0. The number of nitrogens with two attached hydrogens (primary N) is 2. The fourth-order valence-electron chi connectivity index (χ4n) is 1.05. The Morgan fingerprint density at radius 2 is 1.29 bits per heavy atom. The van der Waals surface area contributed by atoms with E-state index in [9.17, 15) is 9.59 Å². The zero-order valence-corrected chi connectivity index (χ0v) is 9.65. The third kappa shape index (κ3) is 3.34. The number of hydrogen-bond acceptors (Lipinski definition) is 2. The molecule has 0 aliphatic heterocycles. The van der Waals surface area contributed by atoms with E-state index in [2.05, 4.69) is 0 Å². The number of carboxylic acids is 2. The van der Waals surface area contributed by atoms with Gasteiger partial charge in [0.2, 0.25) is 0 Å². The van der Waals surface area contributed by atoms with Crippen molar-refractivity contribution in [1.82, 2.24) is 0 Å². The van der Waals surface area contributed by atoms with Crippen molar-refractivity contribution in [3.8, 4) is 0 Å². The van der Waals surface area contributed by atoms with E-state index >= 15 is 0 Å². The van der Waals surface area contributed by atoms with E-state index in [-0.39, 0.29) is 51.7 Å². The Kier molecular flexibility index (Phi) is 13.1. The second kappa shape index (κ2) is 7.87. The van der Waals surface area contributed by atoms with Gasteiger partial charge in [0.25, 0.3) is 0 Å². The molecule has 1 saturated carbocycles. The van der Waals surface area contributed by atoms with Gasteiger partial charge in [-0.05, 0) is 19.3 Å². The van der Waals surface area contributed by atoms with Crippen LogP contribution in [0, 0.1) is 5.41 Å². The van der Waals surface area contributed by atoms with E-state index in [0.29, 0.717) is 6.42 Å². The molecule has 0 aromatic heterocycles. The van der Waals surface area contributed by atoms with Crippen LogP contribution in [-0.4, -0.2) is 22.2 Å². The van der Waals surface area contributed by atoms with Gasteiger partial charge in [0.1, 0.15) is 0 Å². The molecule has 0 aromatic rings. The largest absolute Gasteiger partial charge is 2.00 e. The second-order valence-electron chi connectivity index (χ2n) is 2.55. The van der Waals surface area contributed by atoms with E-state index < -0.39 is 17.4 Å². The molecule has 7 nitrogen and oxygen atoms in total. The number of aliphatic carboxylic acids is 2. The van der Waals surface area contributed by atoms with Crippen LogP contribution in [0.15, 0.2) is 0 Å². The third-order valence-electron chi connectivity index (χ3n) is 2.03. The van der Waals surface area contributed by atoms with Crippen molar-refractivity contribution in [2.45, 2.75) is 19.3 Å². The van der Waals surface area contributed by atoms with Crippen LogP contribution in [0.2, 0.25) is 0 Å². The van der Waals surface area contributed by atoms with Gasteiger partial charge < -0.3 is 28.0 Å². The maximum Gasteiger partial charge on any atom is 2.00 e. The predicted octanol–water partition coefficient (Wildman–Crippen LogP) is 0.836. The molecule has 0 heterocycles. The average molecular weight is 390 g/mol. The minimum Gasteiger partial charge on any atom is -0.693 e. The summed E-state index contributed by atoms with van der Waals surface area (Å²) >= 11 is 0. The number of hydrogen-bond donors (Lipinski definition) is 2. The molecular formula is C6H15N2O5Pt+. The van der Waals surface area contributed by atoms with Gasteiger partial charge in [0.15, 0.2) is 5.41 Å². The van der Waals surface area contributed by atoms with Gasteiger partial charge in [-0.15, -0.1) is 0 Å². The SMILES string of the molecule is O=C(O)C1(C(=O)O)CCC1.[NH2-].[NH2-].[OH3+].[Pt+2]. The Morgan fingerprint density at radius 1 is 1.00 bits per heavy atom. The van der Waals surface area contributed by atoms with Crippen LogP contribution in [0.3, 0.4) is 0 Å². The number of carboxylic acid groups (broad SMARTS) is 2. The second-order valence-corrected chi connectivity index (χ2v) is 2.55. The van der Waals surface area contributed by atoms with E-state index in [4.69, 9.17) is 10.2 Å². The molecule has 0 aromatic carbocycles. The van der Waals surface area contributed by atoms with Crippen molar-refractivity contribution in [1.29, 1.82) is 0 Å². The fraction of sp³-hybridized carbons (Fsp3) is 0.667. The first-order chi connectivity index (χ1) is 4.59. The summed E-state index contributed by atoms with van der Waals surface area (Å²) in [6.45, 7) is 0. The summed E-state index contributed by atoms with van der Waals surface area (Å²) in [6.07, 6.45) is 1.26. The van der Waals surface area contributed by atoms with Gasteiger partial charge >= 0.3 is 33.0 Å². The molecule has 8 heteroatoms. The van der Waals surface area contributed by atoms with Gasteiger partial charge in [-0.2, -0.15) is 0 Å². The van der Waals surface area contributed by atoms with Crippen LogP contribution in [0.5, 0.6) is 0 Å². The smallest absolute Gasteiger partial charge is 0.693 e. The Bertz CT molecular complexity index is 179. The minimum absolute atomic E-state index is 0. The van der Waals surface area contributed by atoms with Crippen LogP contribution in [0.25, 0.3) is 12.3 Å². The quantitative estimate of drug-likeness (QED) is 0.525. The molecule has 0 atom stereocenters. The van der Waals surface area contributed by atoms with E-state index in [1.807, 2.05) is 0 Å². The van der Waals surface area contributed by atoms with Gasteiger partial charge in [0, 0.05) is 0 Å². The van der Waals surface area contributed by atoms with Gasteiger partial charge in [-0.1, -0.05) is 0 Å². The molecule has 88 valence electrons. The fourth-order valence-corrected chi connectivity index (χ4v) is 1.05. The summed E-state index contributed by atoms with van der Waals surface area (Å²) in [5.41, 5.74) is -1.44. The first-order valence-electron chi connectivity index (χ1n) is 3.06. The zero-order valence-electron chi connectivity index (χ0n) is 7.38. The Hall–Kier alpha value is -0.492. The molecule has 1 fully saturated rings. The maximum absolute atomic E-state index is 10.4. The van der Waals surface area contributed by atoms with Crippen molar-refractivity contribution in [2.75, 3.05) is 0 Å². The molecule has 0 bridgehead atoms. The molecule has 1 rings (SSSR count). The zero-order chi connectivity index (χ0) is 7.78. The Labute approximate surface area is 95.6 Å². The summed E-state index contributed by atoms with van der Waals surface area (Å²) in [7, 11) is 0. The van der Waals surface area contributed by atoms with Gasteiger partial charge in [0.05, 0.1) is 0 Å². The standard InChI is InChI=1S/C6H8O4.2H2N.H2O.Pt/c7-4(8)6(5(9)10)2-1-3-6;;;;/h1-3H2,(H,7,8)(H,9,10);3*1H2;/q;2*-1;;+2/p+1. The van der Waals surface area contributed by atoms with E-state index in [0.717, 1.165) is 0 Å². The molecule has 14 heavy (non-hydrogen) atoms. The van der Waals surface area contributed by atoms with Crippen molar-refractivity contribution in [2.24, 2.45) is 5.41 Å². The third-order valence-corrected chi connectivity index (χ3v) is 2.03. The Balaban J connectivity index is -0.000000125. The van der Waals surface area contributed by atoms with E-state index in [1.54, 1.807) is 0 Å². The summed E-state index contributed by atoms with van der Waals surface area (Å²) in [5.74, 6) is -2.41. The monoisotopic (exact) mass is 390 g/mol. The molecule has 0 spiro atoms. The van der Waals surface area contributed by atoms with Crippen LogP contribution < -0.4 is 0 Å². The first-order valence-corrected chi connectivity index (χ1v) is 3.06. The molecule has 1 aliphatic rings. The summed E-state index contributed by atoms with van der Waals surface area (Å²) in [6, 6.07) is 0. The van der Waals surface area contributed by atoms with Crippen molar-refractivity contribution >= 4 is 11.9 Å². The molecule has 0 radical (unpaired) electrons.